The molecule has 3 aromatic rings. The summed E-state index contributed by atoms with van der Waals surface area (Å²) in [4.78, 5) is 27.0. The molecule has 1 heterocycles. The predicted molar refractivity (Wildman–Crippen MR) is 146 cm³/mol. The lowest BCUT2D eigenvalue weighted by Gasteiger charge is -2.45. The van der Waals surface area contributed by atoms with Gasteiger partial charge in [0.25, 0.3) is 0 Å². The molecule has 0 radical (unpaired) electrons. The van der Waals surface area contributed by atoms with Gasteiger partial charge in [-0.15, -0.1) is 0 Å². The second-order valence-corrected chi connectivity index (χ2v) is 10.0. The van der Waals surface area contributed by atoms with Crippen LogP contribution in [0, 0.1) is 12.8 Å². The largest absolute Gasteiger partial charge is 0.497 e. The molecule has 6 nitrogen and oxygen atoms in total. The minimum atomic E-state index is -4.84. The number of hydrogen-bond donors (Lipinski definition) is 2. The zero-order chi connectivity index (χ0) is 28.9. The van der Waals surface area contributed by atoms with Crippen LogP contribution in [0.25, 0.3) is 0 Å². The third kappa shape index (κ3) is 6.08. The Bertz CT molecular complexity index is 1310. The van der Waals surface area contributed by atoms with Crippen molar-refractivity contribution < 1.29 is 32.2 Å². The highest BCUT2D eigenvalue weighted by Gasteiger charge is 2.62. The van der Waals surface area contributed by atoms with Gasteiger partial charge in [-0.2, -0.15) is 13.2 Å². The Hall–Kier alpha value is -4.01. The Morgan fingerprint density at radius 3 is 2.20 bits per heavy atom. The van der Waals surface area contributed by atoms with Crippen LogP contribution in [-0.4, -0.2) is 31.7 Å². The molecule has 2 N–H and O–H groups in total. The zero-order valence-electron chi connectivity index (χ0n) is 22.7. The van der Waals surface area contributed by atoms with E-state index in [4.69, 9.17) is 9.47 Å². The van der Waals surface area contributed by atoms with E-state index in [1.165, 1.54) is 31.4 Å². The van der Waals surface area contributed by atoms with Gasteiger partial charge in [0.15, 0.2) is 5.54 Å². The summed E-state index contributed by atoms with van der Waals surface area (Å²) >= 11 is 0. The summed E-state index contributed by atoms with van der Waals surface area (Å²) < 4.78 is 55.6. The third-order valence-corrected chi connectivity index (χ3v) is 7.29. The number of aryl methyl sites for hydroxylation is 1. The van der Waals surface area contributed by atoms with E-state index in [1.807, 2.05) is 13.8 Å². The van der Waals surface area contributed by atoms with Crippen LogP contribution >= 0.6 is 0 Å². The molecule has 2 unspecified atom stereocenters. The Balaban J connectivity index is 1.71. The van der Waals surface area contributed by atoms with Gasteiger partial charge in [0.1, 0.15) is 17.4 Å². The number of carbonyl (C=O) groups is 2. The van der Waals surface area contributed by atoms with Crippen molar-refractivity contribution >= 4 is 17.5 Å². The fraction of sp³-hybridized carbons (Fsp3) is 0.355. The van der Waals surface area contributed by atoms with E-state index in [1.54, 1.807) is 48.5 Å². The van der Waals surface area contributed by atoms with Crippen LogP contribution < -0.4 is 20.1 Å². The minimum Gasteiger partial charge on any atom is -0.497 e. The summed E-state index contributed by atoms with van der Waals surface area (Å²) in [5.41, 5.74) is -1.04. The maximum absolute atomic E-state index is 14.9. The second-order valence-electron chi connectivity index (χ2n) is 10.0. The van der Waals surface area contributed by atoms with Gasteiger partial charge in [-0.25, -0.2) is 0 Å². The molecule has 40 heavy (non-hydrogen) atoms. The summed E-state index contributed by atoms with van der Waals surface area (Å²) in [6, 6.07) is 19.0. The van der Waals surface area contributed by atoms with Gasteiger partial charge in [-0.3, -0.25) is 9.59 Å². The number of alkyl halides is 3. The number of benzene rings is 3. The number of nitrogens with one attached hydrogen (secondary N) is 2. The van der Waals surface area contributed by atoms with E-state index in [2.05, 4.69) is 10.6 Å². The monoisotopic (exact) mass is 554 g/mol. The van der Waals surface area contributed by atoms with E-state index in [9.17, 15) is 22.8 Å². The number of ether oxygens (including phenoxy) is 2. The molecular formula is C31H33F3N2O4. The number of piperidine rings is 1. The summed E-state index contributed by atoms with van der Waals surface area (Å²) in [6.45, 7) is 4.33. The highest BCUT2D eigenvalue weighted by atomic mass is 19.4. The van der Waals surface area contributed by atoms with E-state index >= 15 is 0 Å². The lowest BCUT2D eigenvalue weighted by atomic mass is 9.69. The van der Waals surface area contributed by atoms with Crippen molar-refractivity contribution in [3.05, 3.63) is 89.5 Å². The number of carbonyl (C=O) groups excluding carboxylic acids is 2. The van der Waals surface area contributed by atoms with Crippen molar-refractivity contribution in [1.29, 1.82) is 0 Å². The minimum absolute atomic E-state index is 0.123. The van der Waals surface area contributed by atoms with Crippen LogP contribution in [0.2, 0.25) is 0 Å². The van der Waals surface area contributed by atoms with Crippen LogP contribution in [0.15, 0.2) is 72.8 Å². The maximum Gasteiger partial charge on any atom is 0.415 e. The van der Waals surface area contributed by atoms with Gasteiger partial charge in [-0.05, 0) is 67.3 Å². The standard InChI is InChI=1S/C31H33F3N2O4/c1-4-5-18-40-25-14-10-22(11-15-25)30(31(32,33)34)19-26(21-8-6-20(2)7-9-21)27(29(38)36-30)28(37)35-23-12-16-24(39-3)17-13-23/h6-17,26-27H,4-5,18-19H2,1-3H3,(H,35,37)(H,36,38)/t26?,27?,30-/m0/s1. The van der Waals surface area contributed by atoms with Crippen molar-refractivity contribution in [3.8, 4) is 11.5 Å². The fourth-order valence-corrected chi connectivity index (χ4v) is 5.00. The Morgan fingerprint density at radius 1 is 1.00 bits per heavy atom. The third-order valence-electron chi connectivity index (χ3n) is 7.29. The smallest absolute Gasteiger partial charge is 0.415 e. The maximum atomic E-state index is 14.9. The first-order chi connectivity index (χ1) is 19.1. The van der Waals surface area contributed by atoms with Gasteiger partial charge in [0.05, 0.1) is 13.7 Å². The molecule has 2 amide bonds. The molecule has 212 valence electrons. The van der Waals surface area contributed by atoms with E-state index < -0.39 is 41.8 Å². The molecule has 1 aliphatic heterocycles. The molecule has 3 atom stereocenters. The van der Waals surface area contributed by atoms with E-state index in [0.717, 1.165) is 18.4 Å². The highest BCUT2D eigenvalue weighted by molar-refractivity contribution is 6.08. The molecule has 0 aliphatic carbocycles. The number of halogens is 3. The Morgan fingerprint density at radius 2 is 1.62 bits per heavy atom. The molecule has 0 spiro atoms. The van der Waals surface area contributed by atoms with Gasteiger partial charge in [0, 0.05) is 11.6 Å². The lowest BCUT2D eigenvalue weighted by molar-refractivity contribution is -0.213. The molecule has 3 aromatic carbocycles. The number of hydrogen-bond acceptors (Lipinski definition) is 4. The average Bonchev–Trinajstić information content (AvgIpc) is 2.93. The molecular weight excluding hydrogens is 521 g/mol. The number of anilines is 1. The molecule has 9 heteroatoms. The molecule has 0 saturated carbocycles. The lowest BCUT2D eigenvalue weighted by Crippen LogP contribution is -2.63. The van der Waals surface area contributed by atoms with Gasteiger partial charge >= 0.3 is 6.18 Å². The van der Waals surface area contributed by atoms with Crippen LogP contribution in [-0.2, 0) is 15.1 Å². The predicted octanol–water partition coefficient (Wildman–Crippen LogP) is 6.50. The van der Waals surface area contributed by atoms with Crippen molar-refractivity contribution in [2.45, 2.75) is 50.7 Å². The molecule has 0 aromatic heterocycles. The number of unbranched alkanes of at least 4 members (excludes halogenated alkanes) is 1. The van der Waals surface area contributed by atoms with Crippen molar-refractivity contribution in [2.75, 3.05) is 19.0 Å². The van der Waals surface area contributed by atoms with Crippen molar-refractivity contribution in [2.24, 2.45) is 5.92 Å². The second kappa shape index (κ2) is 12.0. The molecule has 1 fully saturated rings. The van der Waals surface area contributed by atoms with E-state index in [0.29, 0.717) is 29.4 Å². The van der Waals surface area contributed by atoms with E-state index in [-0.39, 0.29) is 5.56 Å². The Kier molecular flexibility index (Phi) is 8.71. The molecule has 0 bridgehead atoms. The number of methoxy groups -OCH3 is 1. The van der Waals surface area contributed by atoms with Crippen molar-refractivity contribution in [3.63, 3.8) is 0 Å². The summed E-state index contributed by atoms with van der Waals surface area (Å²) in [5, 5.41) is 4.91. The first-order valence-corrected chi connectivity index (χ1v) is 13.2. The van der Waals surface area contributed by atoms with Crippen LogP contribution in [0.5, 0.6) is 11.5 Å². The van der Waals surface area contributed by atoms with Gasteiger partial charge in [0.2, 0.25) is 11.8 Å². The SMILES string of the molecule is CCCCOc1ccc([C@]2(C(F)(F)F)CC(c3ccc(C)cc3)C(C(=O)Nc3ccc(OC)cc3)C(=O)N2)cc1. The quantitative estimate of drug-likeness (QED) is 0.234. The normalized spacial score (nSPS) is 20.9. The Labute approximate surface area is 231 Å². The first kappa shape index (κ1) is 29.0. The highest BCUT2D eigenvalue weighted by Crippen LogP contribution is 2.50. The first-order valence-electron chi connectivity index (χ1n) is 13.2. The molecule has 1 saturated heterocycles. The average molecular weight is 555 g/mol. The zero-order valence-corrected chi connectivity index (χ0v) is 22.7. The van der Waals surface area contributed by atoms with Crippen LogP contribution in [0.3, 0.4) is 0 Å². The molecule has 4 rings (SSSR count). The molecule has 1 aliphatic rings. The summed E-state index contributed by atoms with van der Waals surface area (Å²) in [5.74, 6) is -3.11. The number of amides is 2. The summed E-state index contributed by atoms with van der Waals surface area (Å²) in [7, 11) is 1.51. The summed E-state index contributed by atoms with van der Waals surface area (Å²) in [6.07, 6.45) is -3.65. The number of rotatable bonds is 9. The van der Waals surface area contributed by atoms with Crippen molar-refractivity contribution in [1.82, 2.24) is 5.32 Å². The van der Waals surface area contributed by atoms with Gasteiger partial charge < -0.3 is 20.1 Å². The topological polar surface area (TPSA) is 76.7 Å². The van der Waals surface area contributed by atoms with Gasteiger partial charge in [-0.1, -0.05) is 55.3 Å². The van der Waals surface area contributed by atoms with Crippen LogP contribution in [0.1, 0.15) is 48.8 Å². The van der Waals surface area contributed by atoms with Crippen LogP contribution in [0.4, 0.5) is 18.9 Å². The fourth-order valence-electron chi connectivity index (χ4n) is 5.00.